The van der Waals surface area contributed by atoms with Crippen LogP contribution in [0.3, 0.4) is 0 Å². The molecule has 21 aromatic rings. The van der Waals surface area contributed by atoms with Crippen LogP contribution in [-0.4, -0.2) is 13.1 Å². The van der Waals surface area contributed by atoms with Crippen molar-refractivity contribution in [1.29, 1.82) is 0 Å². The van der Waals surface area contributed by atoms with Gasteiger partial charge in [-0.1, -0.05) is 173 Å². The Morgan fingerprint density at radius 3 is 1.52 bits per heavy atom. The standard InChI is InChI=1S/C51H26O2.C49H28.C11H14.2CH4/c1-53-28(52)8-5-9-50(27-6-3-2-4-7-27)49-17-25-15-23-13-21-11-19-10-20-12-22-14-24-16-26(18-49)36-32(24)40-34(22)38-30(20)29(19)37-33(21)39-31(23)35(25)47-45-43(39)41(37)42(38)44(40)46(45)48(36)51(47,49)50;1-2-4-17-16(3-1)28-15-29(17)49-27-14-13-26-24-11-9-22-20-7-5-18-19-6-8-21-23-10-12-25(27)37-35(23)40-33(21)31(19)38-30(18)32(20)39-34(22)36(24)46(48(26,28)49)44-42(39)41(38)43(40)45(44)47(37)49;1-8-7-9(2)11-6-4-3-5-10(8)11;;/h2-4,6-7,11-14,17-18H,5,8-10,15-16H2,1H3;1-5,7-8,19,26-29H,6,9-15H2;3-6,8-9H,7H2,1-2H3;2*1H4/t;19?,26?,27?,28-,29+,48?,49?;8-,9+;;/m.0.../s1. The Kier molecular flexibility index (Phi) is 8.32. The van der Waals surface area contributed by atoms with Crippen molar-refractivity contribution in [3.05, 3.63) is 249 Å². The minimum atomic E-state index is -0.209. The maximum absolute atomic E-state index is 12.8. The molecule has 0 amide bonds. The van der Waals surface area contributed by atoms with Crippen LogP contribution in [0.2, 0.25) is 0 Å². The van der Waals surface area contributed by atoms with Crippen LogP contribution in [0.25, 0.3) is 201 Å². The summed E-state index contributed by atoms with van der Waals surface area (Å²) in [7, 11) is 1.54. The summed E-state index contributed by atoms with van der Waals surface area (Å²) in [6, 6.07) is 46.1. The molecule has 3 spiro atoms. The Morgan fingerprint density at radius 1 is 0.435 bits per heavy atom. The molecule has 0 aliphatic heterocycles. The summed E-state index contributed by atoms with van der Waals surface area (Å²) < 4.78 is 5.26. The molecule has 0 N–H and O–H groups in total. The first-order valence-corrected chi connectivity index (χ1v) is 43.9. The minimum Gasteiger partial charge on any atom is -0.469 e. The van der Waals surface area contributed by atoms with Crippen molar-refractivity contribution < 1.29 is 9.53 Å². The summed E-state index contributed by atoms with van der Waals surface area (Å²) in [5.74, 6) is 4.76. The van der Waals surface area contributed by atoms with E-state index in [1.165, 1.54) is 81.2 Å². The van der Waals surface area contributed by atoms with E-state index in [4.69, 9.17) is 4.74 Å². The van der Waals surface area contributed by atoms with Gasteiger partial charge in [-0.15, -0.1) is 0 Å². The lowest BCUT2D eigenvalue weighted by molar-refractivity contribution is -0.140. The van der Waals surface area contributed by atoms with Gasteiger partial charge in [0, 0.05) is 39.4 Å². The van der Waals surface area contributed by atoms with Gasteiger partial charge in [0.05, 0.1) is 7.11 Å². The smallest absolute Gasteiger partial charge is 0.305 e. The third kappa shape index (κ3) is 4.67. The third-order valence-corrected chi connectivity index (χ3v) is 38.6. The third-order valence-electron chi connectivity index (χ3n) is 38.6. The van der Waals surface area contributed by atoms with Crippen LogP contribution >= 0.6 is 0 Å². The second-order valence-corrected chi connectivity index (χ2v) is 40.7. The topological polar surface area (TPSA) is 26.3 Å². The fourth-order valence-corrected chi connectivity index (χ4v) is 37.1. The summed E-state index contributed by atoms with van der Waals surface area (Å²) >= 11 is 0. The van der Waals surface area contributed by atoms with Crippen LogP contribution in [-0.2, 0) is 63.3 Å². The highest BCUT2D eigenvalue weighted by Crippen LogP contribution is 2.93. The molecule has 6 unspecified atom stereocenters. The number of methoxy groups -OCH3 is 1. The lowest BCUT2D eigenvalue weighted by Gasteiger charge is -2.63. The number of fused-ring (bicyclic) bond motifs is 6. The highest BCUT2D eigenvalue weighted by molar-refractivity contribution is 6.62. The molecular weight excluding hydrogens is 1390 g/mol. The zero-order valence-electron chi connectivity index (χ0n) is 63.2. The van der Waals surface area contributed by atoms with E-state index in [0.29, 0.717) is 30.1 Å². The average molecular weight is 1470 g/mol. The van der Waals surface area contributed by atoms with Gasteiger partial charge >= 0.3 is 5.97 Å². The molecule has 2 bridgehead atoms. The quantitative estimate of drug-likeness (QED) is 0.127. The zero-order chi connectivity index (χ0) is 71.5. The van der Waals surface area contributed by atoms with Crippen molar-refractivity contribution in [2.45, 2.75) is 176 Å². The van der Waals surface area contributed by atoms with E-state index in [0.717, 1.165) is 49.9 Å². The fourth-order valence-electron chi connectivity index (χ4n) is 37.1. The number of carbonyl (C=O) groups excluding carboxylic acids is 1. The molecule has 3 fully saturated rings. The van der Waals surface area contributed by atoms with Crippen LogP contribution < -0.4 is 15.7 Å². The van der Waals surface area contributed by atoms with Crippen molar-refractivity contribution in [3.8, 4) is 0 Å². The molecule has 0 saturated heterocycles. The number of allylic oxidation sites excluding steroid dienone is 4. The summed E-state index contributed by atoms with van der Waals surface area (Å²) in [5, 5.41) is 57.8. The molecule has 115 heavy (non-hydrogen) atoms. The van der Waals surface area contributed by atoms with E-state index >= 15 is 0 Å². The molecule has 2 heteroatoms. The number of benzene rings is 16. The van der Waals surface area contributed by atoms with Gasteiger partial charge in [0.2, 0.25) is 0 Å². The Hall–Kier alpha value is -10.9. The second kappa shape index (κ2) is 16.5. The Balaban J connectivity index is 0.0000000935. The first-order valence-electron chi connectivity index (χ1n) is 43.9. The van der Waals surface area contributed by atoms with Gasteiger partial charge in [-0.05, 0) is 430 Å². The maximum atomic E-state index is 12.8. The van der Waals surface area contributed by atoms with E-state index in [1.54, 1.807) is 267 Å². The van der Waals surface area contributed by atoms with E-state index in [2.05, 4.69) is 147 Å². The van der Waals surface area contributed by atoms with Crippen molar-refractivity contribution in [2.75, 3.05) is 7.11 Å². The highest BCUT2D eigenvalue weighted by atomic mass is 16.5. The second-order valence-electron chi connectivity index (χ2n) is 40.7. The van der Waals surface area contributed by atoms with E-state index in [-0.39, 0.29) is 47.9 Å². The number of carbonyl (C=O) groups is 1. The van der Waals surface area contributed by atoms with Gasteiger partial charge in [0.15, 0.2) is 0 Å². The van der Waals surface area contributed by atoms with Crippen LogP contribution in [0.15, 0.2) is 127 Å². The molecule has 3 saturated carbocycles. The predicted octanol–water partition coefficient (Wildman–Crippen LogP) is 24.8. The summed E-state index contributed by atoms with van der Waals surface area (Å²) in [6.45, 7) is 4.64. The Labute approximate surface area is 661 Å². The normalized spacial score (nSPS) is 29.5. The summed E-state index contributed by atoms with van der Waals surface area (Å²) in [4.78, 5) is 12.8. The first-order chi connectivity index (χ1) is 55.8. The van der Waals surface area contributed by atoms with Gasteiger partial charge in [-0.3, -0.25) is 4.79 Å². The lowest BCUT2D eigenvalue weighted by atomic mass is 9.39. The maximum Gasteiger partial charge on any atom is 0.305 e. The minimum absolute atomic E-state index is 0. The summed E-state index contributed by atoms with van der Waals surface area (Å²) in [5.41, 5.74) is 38.4. The predicted molar refractivity (Wildman–Crippen MR) is 475 cm³/mol. The van der Waals surface area contributed by atoms with Crippen LogP contribution in [0, 0.1) is 17.3 Å². The van der Waals surface area contributed by atoms with E-state index in [9.17, 15) is 4.79 Å². The van der Waals surface area contributed by atoms with E-state index < -0.39 is 0 Å². The molecule has 0 aromatic heterocycles. The van der Waals surface area contributed by atoms with Crippen LogP contribution in [0.1, 0.15) is 228 Å². The monoisotopic (exact) mass is 1460 g/mol. The van der Waals surface area contributed by atoms with Crippen molar-refractivity contribution in [3.63, 3.8) is 0 Å². The average Bonchev–Trinajstić information content (AvgIpc) is 1.38. The molecular formula is C113H76O2. The molecule has 2 nitrogen and oxygen atoms in total. The van der Waals surface area contributed by atoms with E-state index in [1.807, 2.05) is 32.7 Å². The molecule has 19 aliphatic rings. The Bertz CT molecular complexity index is 8760. The summed E-state index contributed by atoms with van der Waals surface area (Å²) in [6.07, 6.45) is 25.6. The number of hydrogen-bond acceptors (Lipinski definition) is 2. The van der Waals surface area contributed by atoms with Crippen LogP contribution in [0.5, 0.6) is 0 Å². The number of aryl methyl sites for hydroxylation is 2. The molecule has 540 valence electrons. The first kappa shape index (κ1) is 58.0. The molecule has 0 radical (unpaired) electrons. The lowest BCUT2D eigenvalue weighted by Crippen LogP contribution is -2.62. The van der Waals surface area contributed by atoms with Crippen LogP contribution in [0.4, 0.5) is 0 Å². The van der Waals surface area contributed by atoms with Crippen molar-refractivity contribution in [2.24, 2.45) is 17.3 Å². The molecule has 19 aliphatic carbocycles. The molecule has 40 rings (SSSR count). The number of ether oxygens (including phenoxy) is 1. The van der Waals surface area contributed by atoms with Gasteiger partial charge in [0.1, 0.15) is 0 Å². The van der Waals surface area contributed by atoms with Crippen molar-refractivity contribution >= 4 is 207 Å². The van der Waals surface area contributed by atoms with Gasteiger partial charge < -0.3 is 4.74 Å². The van der Waals surface area contributed by atoms with Gasteiger partial charge in [-0.2, -0.15) is 0 Å². The number of rotatable bonds is 5. The van der Waals surface area contributed by atoms with Gasteiger partial charge in [-0.25, -0.2) is 0 Å². The molecule has 0 heterocycles. The zero-order valence-corrected chi connectivity index (χ0v) is 63.2. The molecule has 21 aromatic carbocycles. The molecule has 10 atom stereocenters. The van der Waals surface area contributed by atoms with Crippen molar-refractivity contribution in [1.82, 2.24) is 0 Å². The number of hydrogen-bond donors (Lipinski definition) is 0. The highest BCUT2D eigenvalue weighted by Gasteiger charge is 2.90. The number of esters is 1. The van der Waals surface area contributed by atoms with Gasteiger partial charge in [0.25, 0.3) is 0 Å². The Morgan fingerprint density at radius 2 is 0.930 bits per heavy atom. The largest absolute Gasteiger partial charge is 0.469 e. The SMILES string of the molecule is C.C.C1=c2c3c4c5c6c7c8c9c%10c%11c(c%12ccc%13c%14c%15c(c2c4c7c%15c8c%11c%12%14)C%13C1)CCC=%10C1CCC(C=5CC3)C62[C@@H]3C[C@@H](c4ccccc43)C912.COC(=O)CCCC1(c2ccccc2)C23C=C4Cc5cc6cc7c8c9c(cc%10cc%11c%12c(c%13c%14c%15c(c4c5c4c6c8c(c%154)c4c9c%10c%12c%144)C%1321)C(=C3)C%11)C7.C[C@@H]1C[C@H](C)c2ccccc21. The fraction of sp³-hybridized carbons (Fsp3) is 0.283.